The highest BCUT2D eigenvalue weighted by molar-refractivity contribution is 5.87. The van der Waals surface area contributed by atoms with Gasteiger partial charge in [-0.1, -0.05) is 12.1 Å². The molecule has 0 aromatic heterocycles. The molecule has 4 heteroatoms. The standard InChI is InChI=1S/C9H13N3O/c1-6(10)7-2-4-8(5-3-7)12-9(11)13/h2-6H,10H2,1H3,(H3,11,12,13). The molecule has 1 aromatic carbocycles. The van der Waals surface area contributed by atoms with Gasteiger partial charge in [-0.05, 0) is 24.6 Å². The second-order valence-electron chi connectivity index (χ2n) is 2.90. The lowest BCUT2D eigenvalue weighted by molar-refractivity contribution is 0.259. The molecule has 0 saturated heterocycles. The summed E-state index contributed by atoms with van der Waals surface area (Å²) in [5.74, 6) is 0. The van der Waals surface area contributed by atoms with Gasteiger partial charge in [0.25, 0.3) is 0 Å². The fourth-order valence-electron chi connectivity index (χ4n) is 1.01. The van der Waals surface area contributed by atoms with Crippen LogP contribution in [0.25, 0.3) is 0 Å². The van der Waals surface area contributed by atoms with Gasteiger partial charge in [0, 0.05) is 11.7 Å². The Bertz CT molecular complexity index is 292. The van der Waals surface area contributed by atoms with Crippen molar-refractivity contribution in [1.82, 2.24) is 0 Å². The zero-order valence-electron chi connectivity index (χ0n) is 7.45. The minimum atomic E-state index is -0.562. The van der Waals surface area contributed by atoms with Crippen molar-refractivity contribution in [1.29, 1.82) is 0 Å². The fourth-order valence-corrected chi connectivity index (χ4v) is 1.01. The van der Waals surface area contributed by atoms with Crippen LogP contribution in [-0.2, 0) is 0 Å². The van der Waals surface area contributed by atoms with E-state index in [0.717, 1.165) is 5.56 Å². The lowest BCUT2D eigenvalue weighted by atomic mass is 10.1. The van der Waals surface area contributed by atoms with Crippen molar-refractivity contribution in [2.75, 3.05) is 5.32 Å². The Morgan fingerprint density at radius 1 is 1.38 bits per heavy atom. The minimum absolute atomic E-state index is 0.00243. The van der Waals surface area contributed by atoms with E-state index in [1.54, 1.807) is 12.1 Å². The van der Waals surface area contributed by atoms with Crippen LogP contribution in [0.2, 0.25) is 0 Å². The van der Waals surface area contributed by atoms with E-state index in [1.165, 1.54) is 0 Å². The average Bonchev–Trinajstić information content (AvgIpc) is 2.04. The Balaban J connectivity index is 2.75. The van der Waals surface area contributed by atoms with Crippen molar-refractivity contribution in [2.24, 2.45) is 11.5 Å². The summed E-state index contributed by atoms with van der Waals surface area (Å²) in [5.41, 5.74) is 12.3. The molecule has 0 aliphatic carbocycles. The summed E-state index contributed by atoms with van der Waals surface area (Å²) >= 11 is 0. The summed E-state index contributed by atoms with van der Waals surface area (Å²) in [7, 11) is 0. The Hall–Kier alpha value is -1.55. The smallest absolute Gasteiger partial charge is 0.316 e. The highest BCUT2D eigenvalue weighted by Gasteiger charge is 1.99. The Morgan fingerprint density at radius 2 is 1.92 bits per heavy atom. The predicted octanol–water partition coefficient (Wildman–Crippen LogP) is 1.20. The molecular formula is C9H13N3O. The number of carbonyl (C=O) groups is 1. The number of urea groups is 1. The maximum Gasteiger partial charge on any atom is 0.316 e. The van der Waals surface area contributed by atoms with Gasteiger partial charge in [0.15, 0.2) is 0 Å². The van der Waals surface area contributed by atoms with Gasteiger partial charge < -0.3 is 16.8 Å². The molecule has 5 N–H and O–H groups in total. The first-order valence-corrected chi connectivity index (χ1v) is 4.01. The van der Waals surface area contributed by atoms with Crippen molar-refractivity contribution >= 4 is 11.7 Å². The largest absolute Gasteiger partial charge is 0.351 e. The molecule has 0 saturated carbocycles. The van der Waals surface area contributed by atoms with E-state index in [4.69, 9.17) is 11.5 Å². The van der Waals surface area contributed by atoms with Gasteiger partial charge in [0.05, 0.1) is 0 Å². The van der Waals surface area contributed by atoms with E-state index in [-0.39, 0.29) is 6.04 Å². The third-order valence-corrected chi connectivity index (χ3v) is 1.70. The molecule has 1 atom stereocenters. The summed E-state index contributed by atoms with van der Waals surface area (Å²) < 4.78 is 0. The maximum absolute atomic E-state index is 10.5. The average molecular weight is 179 g/mol. The fraction of sp³-hybridized carbons (Fsp3) is 0.222. The number of amides is 2. The molecule has 13 heavy (non-hydrogen) atoms. The molecular weight excluding hydrogens is 166 g/mol. The van der Waals surface area contributed by atoms with Crippen LogP contribution in [0.1, 0.15) is 18.5 Å². The summed E-state index contributed by atoms with van der Waals surface area (Å²) in [6.07, 6.45) is 0. The van der Waals surface area contributed by atoms with Gasteiger partial charge in [0.1, 0.15) is 0 Å². The third kappa shape index (κ3) is 2.76. The molecule has 0 fully saturated rings. The number of hydrogen-bond acceptors (Lipinski definition) is 2. The van der Waals surface area contributed by atoms with Crippen molar-refractivity contribution < 1.29 is 4.79 Å². The molecule has 0 aliphatic heterocycles. The van der Waals surface area contributed by atoms with Crippen LogP contribution >= 0.6 is 0 Å². The van der Waals surface area contributed by atoms with Crippen molar-refractivity contribution in [3.8, 4) is 0 Å². The van der Waals surface area contributed by atoms with Gasteiger partial charge >= 0.3 is 6.03 Å². The zero-order chi connectivity index (χ0) is 9.84. The van der Waals surface area contributed by atoms with Gasteiger partial charge in [-0.3, -0.25) is 0 Å². The zero-order valence-corrected chi connectivity index (χ0v) is 7.45. The number of rotatable bonds is 2. The lowest BCUT2D eigenvalue weighted by Crippen LogP contribution is -2.19. The SMILES string of the molecule is CC(N)c1ccc(NC(N)=O)cc1. The summed E-state index contributed by atoms with van der Waals surface area (Å²) in [5, 5.41) is 2.47. The Labute approximate surface area is 76.9 Å². The number of primary amides is 1. The van der Waals surface area contributed by atoms with Crippen LogP contribution < -0.4 is 16.8 Å². The van der Waals surface area contributed by atoms with Crippen LogP contribution in [0.3, 0.4) is 0 Å². The normalized spacial score (nSPS) is 12.2. The van der Waals surface area contributed by atoms with E-state index >= 15 is 0 Å². The molecule has 0 radical (unpaired) electrons. The first-order valence-electron chi connectivity index (χ1n) is 4.01. The second kappa shape index (κ2) is 3.91. The van der Waals surface area contributed by atoms with E-state index < -0.39 is 6.03 Å². The number of benzene rings is 1. The van der Waals surface area contributed by atoms with Crippen LogP contribution in [0, 0.1) is 0 Å². The molecule has 1 unspecified atom stereocenters. The monoisotopic (exact) mass is 179 g/mol. The van der Waals surface area contributed by atoms with E-state index in [2.05, 4.69) is 5.32 Å². The first-order chi connectivity index (χ1) is 6.09. The van der Waals surface area contributed by atoms with Crippen LogP contribution in [0.4, 0.5) is 10.5 Å². The number of hydrogen-bond donors (Lipinski definition) is 3. The van der Waals surface area contributed by atoms with Gasteiger partial charge in [-0.2, -0.15) is 0 Å². The first kappa shape index (κ1) is 9.54. The Kier molecular flexibility index (Phi) is 2.87. The van der Waals surface area contributed by atoms with Gasteiger partial charge in [-0.25, -0.2) is 4.79 Å². The molecule has 4 nitrogen and oxygen atoms in total. The molecule has 2 amide bonds. The molecule has 0 aliphatic rings. The highest BCUT2D eigenvalue weighted by atomic mass is 16.2. The molecule has 70 valence electrons. The van der Waals surface area contributed by atoms with E-state index in [9.17, 15) is 4.79 Å². The molecule has 1 aromatic rings. The van der Waals surface area contributed by atoms with Crippen LogP contribution in [0.5, 0.6) is 0 Å². The summed E-state index contributed by atoms with van der Waals surface area (Å²) in [6.45, 7) is 1.90. The topological polar surface area (TPSA) is 81.1 Å². The molecule has 0 heterocycles. The predicted molar refractivity (Wildman–Crippen MR) is 52.3 cm³/mol. The van der Waals surface area contributed by atoms with Gasteiger partial charge in [-0.15, -0.1) is 0 Å². The Morgan fingerprint density at radius 3 is 2.31 bits per heavy atom. The quantitative estimate of drug-likeness (QED) is 0.637. The van der Waals surface area contributed by atoms with E-state index in [1.807, 2.05) is 19.1 Å². The lowest BCUT2D eigenvalue weighted by Gasteiger charge is -2.06. The summed E-state index contributed by atoms with van der Waals surface area (Å²) in [6, 6.07) is 6.69. The minimum Gasteiger partial charge on any atom is -0.351 e. The number of anilines is 1. The number of nitrogens with two attached hydrogens (primary N) is 2. The third-order valence-electron chi connectivity index (χ3n) is 1.70. The number of carbonyl (C=O) groups excluding carboxylic acids is 1. The molecule has 0 spiro atoms. The summed E-state index contributed by atoms with van der Waals surface area (Å²) in [4.78, 5) is 10.5. The van der Waals surface area contributed by atoms with E-state index in [0.29, 0.717) is 5.69 Å². The van der Waals surface area contributed by atoms with Gasteiger partial charge in [0.2, 0.25) is 0 Å². The van der Waals surface area contributed by atoms with Crippen molar-refractivity contribution in [2.45, 2.75) is 13.0 Å². The molecule has 1 rings (SSSR count). The van der Waals surface area contributed by atoms with Crippen molar-refractivity contribution in [3.05, 3.63) is 29.8 Å². The maximum atomic E-state index is 10.5. The highest BCUT2D eigenvalue weighted by Crippen LogP contribution is 2.13. The number of nitrogens with one attached hydrogen (secondary N) is 1. The molecule has 0 bridgehead atoms. The second-order valence-corrected chi connectivity index (χ2v) is 2.90. The van der Waals surface area contributed by atoms with Crippen LogP contribution in [-0.4, -0.2) is 6.03 Å². The van der Waals surface area contributed by atoms with Crippen LogP contribution in [0.15, 0.2) is 24.3 Å². The van der Waals surface area contributed by atoms with Crippen molar-refractivity contribution in [3.63, 3.8) is 0 Å².